The predicted molar refractivity (Wildman–Crippen MR) is 111 cm³/mol. The van der Waals surface area contributed by atoms with E-state index in [1.807, 2.05) is 49.4 Å². The van der Waals surface area contributed by atoms with Crippen molar-refractivity contribution in [3.63, 3.8) is 0 Å². The molecule has 0 saturated carbocycles. The van der Waals surface area contributed by atoms with Crippen LogP contribution in [0.25, 0.3) is 21.8 Å². The van der Waals surface area contributed by atoms with Crippen molar-refractivity contribution in [1.29, 1.82) is 0 Å². The zero-order valence-electron chi connectivity index (χ0n) is 16.3. The smallest absolute Gasteiger partial charge is 0.308 e. The number of esters is 1. The molecule has 2 aromatic heterocycles. The second kappa shape index (κ2) is 8.20. The van der Waals surface area contributed by atoms with Crippen LogP contribution in [0.3, 0.4) is 0 Å². The van der Waals surface area contributed by atoms with E-state index in [-0.39, 0.29) is 37.0 Å². The summed E-state index contributed by atoms with van der Waals surface area (Å²) in [6, 6.07) is 14.7. The molecular weight excluding hydrogens is 384 g/mol. The summed E-state index contributed by atoms with van der Waals surface area (Å²) in [7, 11) is 0. The van der Waals surface area contributed by atoms with E-state index in [0.29, 0.717) is 10.9 Å². The Bertz CT molecular complexity index is 1250. The Balaban J connectivity index is 1.28. The van der Waals surface area contributed by atoms with Crippen molar-refractivity contribution in [3.05, 3.63) is 65.5 Å². The highest BCUT2D eigenvalue weighted by Crippen LogP contribution is 2.22. The van der Waals surface area contributed by atoms with E-state index in [1.165, 1.54) is 0 Å². The SMILES string of the molecule is Cc1[nH]c2ccccc2c1C(=O)COC(=O)CCNC(=O)c1n[nH]c2ccccc12. The minimum atomic E-state index is -0.562. The average Bonchev–Trinajstić information content (AvgIpc) is 3.32. The molecule has 0 atom stereocenters. The maximum Gasteiger partial charge on any atom is 0.308 e. The van der Waals surface area contributed by atoms with Gasteiger partial charge in [0.1, 0.15) is 0 Å². The van der Waals surface area contributed by atoms with Gasteiger partial charge in [0.05, 0.1) is 11.9 Å². The summed E-state index contributed by atoms with van der Waals surface area (Å²) < 4.78 is 5.10. The molecule has 2 heterocycles. The van der Waals surface area contributed by atoms with Gasteiger partial charge in [-0.2, -0.15) is 5.10 Å². The third kappa shape index (κ3) is 3.80. The number of H-pyrrole nitrogens is 2. The molecule has 4 rings (SSSR count). The van der Waals surface area contributed by atoms with Crippen molar-refractivity contribution in [2.24, 2.45) is 0 Å². The molecule has 0 fully saturated rings. The summed E-state index contributed by atoms with van der Waals surface area (Å²) in [5.74, 6) is -1.22. The molecule has 30 heavy (non-hydrogen) atoms. The molecule has 152 valence electrons. The van der Waals surface area contributed by atoms with Crippen LogP contribution in [0, 0.1) is 6.92 Å². The lowest BCUT2D eigenvalue weighted by atomic mass is 10.1. The van der Waals surface area contributed by atoms with Gasteiger partial charge in [0.15, 0.2) is 12.3 Å². The van der Waals surface area contributed by atoms with Gasteiger partial charge in [0, 0.05) is 34.1 Å². The van der Waals surface area contributed by atoms with Crippen molar-refractivity contribution in [3.8, 4) is 0 Å². The zero-order valence-corrected chi connectivity index (χ0v) is 16.3. The van der Waals surface area contributed by atoms with Crippen molar-refractivity contribution < 1.29 is 19.1 Å². The molecule has 8 heteroatoms. The molecule has 8 nitrogen and oxygen atoms in total. The Labute approximate surface area is 171 Å². The number of hydrogen-bond donors (Lipinski definition) is 3. The van der Waals surface area contributed by atoms with E-state index >= 15 is 0 Å². The number of rotatable bonds is 7. The Morgan fingerprint density at radius 1 is 1.00 bits per heavy atom. The highest BCUT2D eigenvalue weighted by molar-refractivity contribution is 6.10. The number of aromatic amines is 2. The fourth-order valence-electron chi connectivity index (χ4n) is 3.42. The second-order valence-corrected chi connectivity index (χ2v) is 6.88. The van der Waals surface area contributed by atoms with Gasteiger partial charge >= 0.3 is 5.97 Å². The minimum absolute atomic E-state index is 0.0474. The second-order valence-electron chi connectivity index (χ2n) is 6.88. The summed E-state index contributed by atoms with van der Waals surface area (Å²) in [6.07, 6.45) is -0.0474. The molecule has 0 bridgehead atoms. The van der Waals surface area contributed by atoms with E-state index in [1.54, 1.807) is 6.07 Å². The molecule has 0 unspecified atom stereocenters. The standard InChI is InChI=1S/C22H20N4O4/c1-13-20(14-6-2-4-8-16(14)24-13)18(27)12-30-19(28)10-11-23-22(29)21-15-7-3-5-9-17(15)25-26-21/h2-9,24H,10-12H2,1H3,(H,23,29)(H,25,26). The summed E-state index contributed by atoms with van der Waals surface area (Å²) >= 11 is 0. The molecule has 0 spiro atoms. The van der Waals surface area contributed by atoms with Crippen LogP contribution < -0.4 is 5.32 Å². The summed E-state index contributed by atoms with van der Waals surface area (Å²) in [5, 5.41) is 11.0. The first kappa shape index (κ1) is 19.4. The first-order valence-electron chi connectivity index (χ1n) is 9.52. The number of para-hydroxylation sites is 2. The number of hydrogen-bond acceptors (Lipinski definition) is 5. The van der Waals surface area contributed by atoms with Crippen LogP contribution in [0.2, 0.25) is 0 Å². The van der Waals surface area contributed by atoms with Gasteiger partial charge in [-0.25, -0.2) is 0 Å². The molecule has 0 saturated heterocycles. The number of ether oxygens (including phenoxy) is 1. The van der Waals surface area contributed by atoms with E-state index in [9.17, 15) is 14.4 Å². The number of fused-ring (bicyclic) bond motifs is 2. The lowest BCUT2D eigenvalue weighted by Crippen LogP contribution is -2.27. The number of carbonyl (C=O) groups is 3. The Morgan fingerprint density at radius 2 is 1.70 bits per heavy atom. The molecule has 1 amide bonds. The Kier molecular flexibility index (Phi) is 5.30. The van der Waals surface area contributed by atoms with Crippen LogP contribution in [0.15, 0.2) is 48.5 Å². The number of aryl methyl sites for hydroxylation is 1. The van der Waals surface area contributed by atoms with Gasteiger partial charge in [0.25, 0.3) is 5.91 Å². The van der Waals surface area contributed by atoms with Gasteiger partial charge in [-0.3, -0.25) is 19.5 Å². The van der Waals surface area contributed by atoms with Crippen LogP contribution in [-0.4, -0.2) is 46.0 Å². The molecule has 0 aliphatic carbocycles. The van der Waals surface area contributed by atoms with E-state index < -0.39 is 5.97 Å². The number of Topliss-reactive ketones (excluding diaryl/α,β-unsaturated/α-hetero) is 1. The highest BCUT2D eigenvalue weighted by atomic mass is 16.5. The Morgan fingerprint density at radius 3 is 2.50 bits per heavy atom. The van der Waals surface area contributed by atoms with Gasteiger partial charge in [-0.15, -0.1) is 0 Å². The van der Waals surface area contributed by atoms with Crippen LogP contribution in [0.1, 0.15) is 33.0 Å². The van der Waals surface area contributed by atoms with Gasteiger partial charge in [-0.1, -0.05) is 36.4 Å². The minimum Gasteiger partial charge on any atom is -0.457 e. The highest BCUT2D eigenvalue weighted by Gasteiger charge is 2.18. The van der Waals surface area contributed by atoms with Crippen molar-refractivity contribution in [1.82, 2.24) is 20.5 Å². The monoisotopic (exact) mass is 404 g/mol. The molecule has 0 aliphatic rings. The summed E-state index contributed by atoms with van der Waals surface area (Å²) in [5.41, 5.74) is 3.14. The predicted octanol–water partition coefficient (Wildman–Crippen LogP) is 2.90. The number of nitrogens with one attached hydrogen (secondary N) is 3. The van der Waals surface area contributed by atoms with Crippen LogP contribution in [0.4, 0.5) is 0 Å². The summed E-state index contributed by atoms with van der Waals surface area (Å²) in [6.45, 7) is 1.54. The van der Waals surface area contributed by atoms with Crippen LogP contribution in [-0.2, 0) is 9.53 Å². The van der Waals surface area contributed by atoms with Gasteiger partial charge in [0.2, 0.25) is 5.78 Å². The largest absolute Gasteiger partial charge is 0.457 e. The third-order valence-corrected chi connectivity index (χ3v) is 4.84. The first-order chi connectivity index (χ1) is 14.5. The topological polar surface area (TPSA) is 117 Å². The van der Waals surface area contributed by atoms with Crippen molar-refractivity contribution in [2.45, 2.75) is 13.3 Å². The maximum absolute atomic E-state index is 12.5. The quantitative estimate of drug-likeness (QED) is 0.323. The molecular formula is C22H20N4O4. The van der Waals surface area contributed by atoms with Crippen LogP contribution >= 0.6 is 0 Å². The molecule has 2 aromatic carbocycles. The lowest BCUT2D eigenvalue weighted by Gasteiger charge is -2.06. The number of carbonyl (C=O) groups excluding carboxylic acids is 3. The van der Waals surface area contributed by atoms with Crippen LogP contribution in [0.5, 0.6) is 0 Å². The lowest BCUT2D eigenvalue weighted by molar-refractivity contribution is -0.142. The first-order valence-corrected chi connectivity index (χ1v) is 9.52. The van der Waals surface area contributed by atoms with Gasteiger partial charge in [-0.05, 0) is 19.1 Å². The maximum atomic E-state index is 12.5. The fraction of sp³-hybridized carbons (Fsp3) is 0.182. The van der Waals surface area contributed by atoms with E-state index in [4.69, 9.17) is 4.74 Å². The normalized spacial score (nSPS) is 11.0. The number of benzene rings is 2. The zero-order chi connectivity index (χ0) is 21.1. The van der Waals surface area contributed by atoms with Crippen molar-refractivity contribution in [2.75, 3.05) is 13.2 Å². The molecule has 0 radical (unpaired) electrons. The molecule has 0 aliphatic heterocycles. The number of aromatic nitrogens is 3. The van der Waals surface area contributed by atoms with Gasteiger partial charge < -0.3 is 15.0 Å². The number of nitrogens with zero attached hydrogens (tertiary/aromatic N) is 1. The third-order valence-electron chi connectivity index (χ3n) is 4.84. The fourth-order valence-corrected chi connectivity index (χ4v) is 3.42. The van der Waals surface area contributed by atoms with Crippen molar-refractivity contribution >= 4 is 39.5 Å². The number of amides is 1. The van der Waals surface area contributed by atoms with E-state index in [2.05, 4.69) is 20.5 Å². The molecule has 4 aromatic rings. The number of ketones is 1. The average molecular weight is 404 g/mol. The van der Waals surface area contributed by atoms with E-state index in [0.717, 1.165) is 22.1 Å². The summed E-state index contributed by atoms with van der Waals surface area (Å²) in [4.78, 5) is 40.0. The molecule has 3 N–H and O–H groups in total. The Hall–Kier alpha value is -3.94.